The first kappa shape index (κ1) is 14.4. The Labute approximate surface area is 118 Å². The van der Waals surface area contributed by atoms with Crippen LogP contribution >= 0.6 is 0 Å². The van der Waals surface area contributed by atoms with Crippen LogP contribution in [-0.2, 0) is 13.1 Å². The highest BCUT2D eigenvalue weighted by Crippen LogP contribution is 2.04. The molecule has 0 aliphatic rings. The number of anilines is 1. The van der Waals surface area contributed by atoms with Crippen molar-refractivity contribution in [2.24, 2.45) is 0 Å². The van der Waals surface area contributed by atoms with E-state index in [0.717, 1.165) is 11.1 Å². The third-order valence-corrected chi connectivity index (χ3v) is 2.69. The number of nitrogens with zero attached hydrogens (tertiary/aromatic N) is 2. The van der Waals surface area contributed by atoms with Crippen LogP contribution in [0.1, 0.15) is 25.0 Å². The summed E-state index contributed by atoms with van der Waals surface area (Å²) in [7, 11) is 0. The van der Waals surface area contributed by atoms with Crippen LogP contribution in [0.15, 0.2) is 36.7 Å². The number of benzene rings is 1. The van der Waals surface area contributed by atoms with Gasteiger partial charge in [0.05, 0.1) is 0 Å². The van der Waals surface area contributed by atoms with E-state index in [4.69, 9.17) is 0 Å². The van der Waals surface area contributed by atoms with Gasteiger partial charge in [-0.3, -0.25) is 0 Å². The van der Waals surface area contributed by atoms with E-state index < -0.39 is 0 Å². The van der Waals surface area contributed by atoms with Gasteiger partial charge in [-0.05, 0) is 31.5 Å². The standard InChI is InChI=1S/C15H19FN4/c1-11(2)20-15-18-9-13(10-19-15)8-17-7-12-3-5-14(16)6-4-12/h3-6,9-11,17H,7-8H2,1-2H3,(H,18,19,20). The Morgan fingerprint density at radius 1 is 1.00 bits per heavy atom. The van der Waals surface area contributed by atoms with Crippen molar-refractivity contribution in [3.8, 4) is 0 Å². The van der Waals surface area contributed by atoms with Crippen molar-refractivity contribution in [3.63, 3.8) is 0 Å². The van der Waals surface area contributed by atoms with Crippen molar-refractivity contribution in [1.82, 2.24) is 15.3 Å². The van der Waals surface area contributed by atoms with Crippen molar-refractivity contribution in [2.75, 3.05) is 5.32 Å². The molecule has 0 radical (unpaired) electrons. The lowest BCUT2D eigenvalue weighted by atomic mass is 10.2. The Hall–Kier alpha value is -2.01. The fraction of sp³-hybridized carbons (Fsp3) is 0.333. The van der Waals surface area contributed by atoms with Crippen LogP contribution < -0.4 is 10.6 Å². The van der Waals surface area contributed by atoms with E-state index in [1.54, 1.807) is 24.5 Å². The Morgan fingerprint density at radius 2 is 1.60 bits per heavy atom. The number of hydrogen-bond donors (Lipinski definition) is 2. The molecule has 0 unspecified atom stereocenters. The summed E-state index contributed by atoms with van der Waals surface area (Å²) in [6, 6.07) is 6.79. The van der Waals surface area contributed by atoms with Gasteiger partial charge in [0.15, 0.2) is 0 Å². The molecular weight excluding hydrogens is 255 g/mol. The molecule has 1 aromatic heterocycles. The maximum Gasteiger partial charge on any atom is 0.222 e. The molecule has 5 heteroatoms. The molecule has 1 heterocycles. The molecule has 0 aliphatic heterocycles. The second kappa shape index (κ2) is 6.96. The Balaban J connectivity index is 1.80. The SMILES string of the molecule is CC(C)Nc1ncc(CNCc2ccc(F)cc2)cn1. The Morgan fingerprint density at radius 3 is 2.20 bits per heavy atom. The summed E-state index contributed by atoms with van der Waals surface area (Å²) in [6.07, 6.45) is 3.60. The molecule has 2 rings (SSSR count). The van der Waals surface area contributed by atoms with Crippen LogP contribution in [0.4, 0.5) is 10.3 Å². The Kier molecular flexibility index (Phi) is 5.01. The molecule has 0 saturated carbocycles. The predicted molar refractivity (Wildman–Crippen MR) is 77.7 cm³/mol. The third kappa shape index (κ3) is 4.59. The average molecular weight is 274 g/mol. The summed E-state index contributed by atoms with van der Waals surface area (Å²) in [6.45, 7) is 5.45. The molecular formula is C15H19FN4. The highest BCUT2D eigenvalue weighted by Gasteiger charge is 2.00. The summed E-state index contributed by atoms with van der Waals surface area (Å²) < 4.78 is 12.8. The van der Waals surface area contributed by atoms with Crippen LogP contribution in [-0.4, -0.2) is 16.0 Å². The lowest BCUT2D eigenvalue weighted by Crippen LogP contribution is -2.15. The monoisotopic (exact) mass is 274 g/mol. The fourth-order valence-corrected chi connectivity index (χ4v) is 1.73. The molecule has 0 bridgehead atoms. The predicted octanol–water partition coefficient (Wildman–Crippen LogP) is 2.73. The minimum absolute atomic E-state index is 0.213. The molecule has 2 aromatic rings. The highest BCUT2D eigenvalue weighted by molar-refractivity contribution is 5.25. The third-order valence-electron chi connectivity index (χ3n) is 2.69. The Bertz CT molecular complexity index is 523. The minimum Gasteiger partial charge on any atom is -0.352 e. The van der Waals surface area contributed by atoms with Crippen molar-refractivity contribution in [2.45, 2.75) is 33.0 Å². The highest BCUT2D eigenvalue weighted by atomic mass is 19.1. The quantitative estimate of drug-likeness (QED) is 0.850. The number of halogens is 1. The largest absolute Gasteiger partial charge is 0.352 e. The topological polar surface area (TPSA) is 49.8 Å². The van der Waals surface area contributed by atoms with Gasteiger partial charge in [-0.2, -0.15) is 0 Å². The lowest BCUT2D eigenvalue weighted by Gasteiger charge is -2.08. The van der Waals surface area contributed by atoms with Gasteiger partial charge in [-0.25, -0.2) is 14.4 Å². The van der Waals surface area contributed by atoms with E-state index in [1.807, 2.05) is 13.8 Å². The van der Waals surface area contributed by atoms with Gasteiger partial charge in [0, 0.05) is 37.1 Å². The van der Waals surface area contributed by atoms with Crippen molar-refractivity contribution in [1.29, 1.82) is 0 Å². The first-order chi connectivity index (χ1) is 9.63. The first-order valence-electron chi connectivity index (χ1n) is 6.66. The van der Waals surface area contributed by atoms with E-state index >= 15 is 0 Å². The van der Waals surface area contributed by atoms with Crippen LogP contribution in [0.25, 0.3) is 0 Å². The molecule has 0 spiro atoms. The summed E-state index contributed by atoms with van der Waals surface area (Å²) in [5.74, 6) is 0.428. The number of hydrogen-bond acceptors (Lipinski definition) is 4. The molecule has 0 aliphatic carbocycles. The van der Waals surface area contributed by atoms with Gasteiger partial charge < -0.3 is 10.6 Å². The molecule has 0 fully saturated rings. The van der Waals surface area contributed by atoms with Crippen LogP contribution in [0.5, 0.6) is 0 Å². The zero-order chi connectivity index (χ0) is 14.4. The van der Waals surface area contributed by atoms with Crippen LogP contribution in [0, 0.1) is 5.82 Å². The smallest absolute Gasteiger partial charge is 0.222 e. The average Bonchev–Trinajstić information content (AvgIpc) is 2.42. The molecule has 0 atom stereocenters. The minimum atomic E-state index is -0.213. The number of nitrogens with one attached hydrogen (secondary N) is 2. The second-order valence-electron chi connectivity index (χ2n) is 4.94. The second-order valence-corrected chi connectivity index (χ2v) is 4.94. The lowest BCUT2D eigenvalue weighted by molar-refractivity contribution is 0.624. The van der Waals surface area contributed by atoms with E-state index in [9.17, 15) is 4.39 Å². The van der Waals surface area contributed by atoms with Crippen molar-refractivity contribution >= 4 is 5.95 Å². The zero-order valence-corrected chi connectivity index (χ0v) is 11.7. The molecule has 1 aromatic carbocycles. The maximum absolute atomic E-state index is 12.8. The van der Waals surface area contributed by atoms with Gasteiger partial charge in [0.25, 0.3) is 0 Å². The van der Waals surface area contributed by atoms with Crippen LogP contribution in [0.3, 0.4) is 0 Å². The summed E-state index contributed by atoms with van der Waals surface area (Å²) in [4.78, 5) is 8.49. The zero-order valence-electron chi connectivity index (χ0n) is 11.7. The van der Waals surface area contributed by atoms with Crippen molar-refractivity contribution in [3.05, 3.63) is 53.6 Å². The van der Waals surface area contributed by atoms with Crippen molar-refractivity contribution < 1.29 is 4.39 Å². The maximum atomic E-state index is 12.8. The van der Waals surface area contributed by atoms with E-state index in [1.165, 1.54) is 12.1 Å². The summed E-state index contributed by atoms with van der Waals surface area (Å²) in [5.41, 5.74) is 2.06. The summed E-state index contributed by atoms with van der Waals surface area (Å²) in [5, 5.41) is 6.42. The molecule has 20 heavy (non-hydrogen) atoms. The van der Waals surface area contributed by atoms with Gasteiger partial charge in [-0.15, -0.1) is 0 Å². The van der Waals surface area contributed by atoms with Gasteiger partial charge in [0.1, 0.15) is 5.82 Å². The van der Waals surface area contributed by atoms with E-state index in [0.29, 0.717) is 25.1 Å². The van der Waals surface area contributed by atoms with Gasteiger partial charge >= 0.3 is 0 Å². The number of rotatable bonds is 6. The molecule has 4 nitrogen and oxygen atoms in total. The normalized spacial score (nSPS) is 10.8. The van der Waals surface area contributed by atoms with Gasteiger partial charge in [0.2, 0.25) is 5.95 Å². The van der Waals surface area contributed by atoms with E-state index in [2.05, 4.69) is 20.6 Å². The molecule has 106 valence electrons. The number of aromatic nitrogens is 2. The molecule has 0 amide bonds. The molecule has 0 saturated heterocycles. The first-order valence-corrected chi connectivity index (χ1v) is 6.66. The summed E-state index contributed by atoms with van der Waals surface area (Å²) >= 11 is 0. The molecule has 2 N–H and O–H groups in total. The van der Waals surface area contributed by atoms with Crippen LogP contribution in [0.2, 0.25) is 0 Å². The van der Waals surface area contributed by atoms with Gasteiger partial charge in [-0.1, -0.05) is 12.1 Å². The van der Waals surface area contributed by atoms with E-state index in [-0.39, 0.29) is 5.82 Å². The fourth-order valence-electron chi connectivity index (χ4n) is 1.73.